The minimum atomic E-state index is 0.117. The van der Waals surface area contributed by atoms with Crippen LogP contribution < -0.4 is 0 Å². The summed E-state index contributed by atoms with van der Waals surface area (Å²) >= 11 is 0. The Bertz CT molecular complexity index is 3330. The average molecular weight is 721 g/mol. The number of nitriles is 2. The van der Waals surface area contributed by atoms with Gasteiger partial charge in [0.1, 0.15) is 34.5 Å². The Labute approximate surface area is 320 Å². The lowest BCUT2D eigenvalue weighted by atomic mass is 9.80. The number of hydrogen-bond donors (Lipinski definition) is 0. The fourth-order valence-corrected chi connectivity index (χ4v) is 10.1. The number of rotatable bonds is 3. The summed E-state index contributed by atoms with van der Waals surface area (Å²) in [5, 5.41) is 30.6. The predicted octanol–water partition coefficient (Wildman–Crippen LogP) is 13.5. The first-order valence-electron chi connectivity index (χ1n) is 19.4. The monoisotopic (exact) mass is 720 g/mol. The van der Waals surface area contributed by atoms with E-state index in [1.165, 1.54) is 6.42 Å². The fourth-order valence-electron chi connectivity index (χ4n) is 10.1. The van der Waals surface area contributed by atoms with Crippen molar-refractivity contribution < 1.29 is 8.83 Å². The second-order valence-corrected chi connectivity index (χ2v) is 15.2. The molecule has 1 fully saturated rings. The molecule has 1 aliphatic carbocycles. The van der Waals surface area contributed by atoms with Gasteiger partial charge in [0.15, 0.2) is 0 Å². The van der Waals surface area contributed by atoms with E-state index in [-0.39, 0.29) is 5.92 Å². The first-order valence-corrected chi connectivity index (χ1v) is 19.4. The quantitative estimate of drug-likeness (QED) is 0.182. The van der Waals surface area contributed by atoms with Crippen molar-refractivity contribution in [1.29, 1.82) is 10.5 Å². The molecule has 0 spiro atoms. The zero-order valence-electron chi connectivity index (χ0n) is 30.3. The van der Waals surface area contributed by atoms with Gasteiger partial charge in [-0.2, -0.15) is 10.5 Å². The molecule has 0 aliphatic heterocycles. The van der Waals surface area contributed by atoms with Gasteiger partial charge in [0.25, 0.3) is 0 Å². The van der Waals surface area contributed by atoms with Crippen LogP contribution in [0.5, 0.6) is 0 Å². The second-order valence-electron chi connectivity index (χ2n) is 15.2. The minimum absolute atomic E-state index is 0.117. The van der Waals surface area contributed by atoms with Crippen molar-refractivity contribution in [3.8, 4) is 23.5 Å². The molecule has 1 saturated carbocycles. The Morgan fingerprint density at radius 1 is 0.464 bits per heavy atom. The fraction of sp³-hybridized carbons (Fsp3) is 0.120. The molecule has 264 valence electrons. The van der Waals surface area contributed by atoms with Crippen molar-refractivity contribution in [3.63, 3.8) is 0 Å². The van der Waals surface area contributed by atoms with E-state index in [9.17, 15) is 10.5 Å². The van der Waals surface area contributed by atoms with Crippen molar-refractivity contribution in [1.82, 2.24) is 9.13 Å². The number of furan rings is 2. The number of para-hydroxylation sites is 4. The van der Waals surface area contributed by atoms with E-state index in [0.29, 0.717) is 11.1 Å². The van der Waals surface area contributed by atoms with Gasteiger partial charge in [-0.05, 0) is 73.4 Å². The maximum atomic E-state index is 11.1. The van der Waals surface area contributed by atoms with Crippen LogP contribution in [0.4, 0.5) is 0 Å². The highest BCUT2D eigenvalue weighted by molar-refractivity contribution is 6.25. The first-order chi connectivity index (χ1) is 27.7. The zero-order valence-corrected chi connectivity index (χ0v) is 30.3. The van der Waals surface area contributed by atoms with Crippen LogP contribution in [0, 0.1) is 22.7 Å². The Morgan fingerprint density at radius 2 is 0.911 bits per heavy atom. The molecule has 11 aromatic rings. The molecule has 12 rings (SSSR count). The van der Waals surface area contributed by atoms with E-state index < -0.39 is 0 Å². The van der Waals surface area contributed by atoms with Crippen LogP contribution in [0.1, 0.15) is 54.7 Å². The number of benzene rings is 7. The highest BCUT2D eigenvalue weighted by atomic mass is 16.3. The molecule has 4 aromatic heterocycles. The lowest BCUT2D eigenvalue weighted by Gasteiger charge is -2.30. The van der Waals surface area contributed by atoms with Gasteiger partial charge in [-0.1, -0.05) is 92.1 Å². The maximum absolute atomic E-state index is 11.1. The summed E-state index contributed by atoms with van der Waals surface area (Å²) in [6.07, 6.45) is 5.28. The molecule has 0 amide bonds. The minimum Gasteiger partial charge on any atom is -0.455 e. The van der Waals surface area contributed by atoms with Gasteiger partial charge in [-0.15, -0.1) is 0 Å². The van der Waals surface area contributed by atoms with Crippen LogP contribution >= 0.6 is 0 Å². The van der Waals surface area contributed by atoms with E-state index in [1.54, 1.807) is 0 Å². The number of fused-ring (bicyclic) bond motifs is 14. The summed E-state index contributed by atoms with van der Waals surface area (Å²) in [6, 6.07) is 48.9. The van der Waals surface area contributed by atoms with E-state index >= 15 is 0 Å². The molecule has 1 aliphatic rings. The summed E-state index contributed by atoms with van der Waals surface area (Å²) < 4.78 is 17.9. The Hall–Kier alpha value is -7.28. The van der Waals surface area contributed by atoms with Crippen LogP contribution in [0.15, 0.2) is 136 Å². The lowest BCUT2D eigenvalue weighted by Crippen LogP contribution is -2.16. The summed E-state index contributed by atoms with van der Waals surface area (Å²) in [4.78, 5) is 0. The summed E-state index contributed by atoms with van der Waals surface area (Å²) in [6.45, 7) is 0. The van der Waals surface area contributed by atoms with Crippen molar-refractivity contribution >= 4 is 87.5 Å². The third-order valence-electron chi connectivity index (χ3n) is 12.4. The van der Waals surface area contributed by atoms with Crippen molar-refractivity contribution in [2.24, 2.45) is 0 Å². The van der Waals surface area contributed by atoms with E-state index in [4.69, 9.17) is 8.83 Å². The molecule has 6 heteroatoms. The second kappa shape index (κ2) is 11.6. The SMILES string of the molecule is N#Cc1cc(C#N)c(-n2c3ccccc3c3c4oc5ccccc5c4ccc32)c(C2CCCCC2)c1-n1c2ccccc2c2c3oc4ccccc4c3ccc21. The van der Waals surface area contributed by atoms with Crippen LogP contribution in [-0.4, -0.2) is 9.13 Å². The Balaban J connectivity index is 1.27. The molecule has 0 saturated heterocycles. The molecule has 0 radical (unpaired) electrons. The van der Waals surface area contributed by atoms with Crippen LogP contribution in [0.3, 0.4) is 0 Å². The molecule has 56 heavy (non-hydrogen) atoms. The van der Waals surface area contributed by atoms with Crippen molar-refractivity contribution in [3.05, 3.63) is 144 Å². The Kier molecular flexibility index (Phi) is 6.45. The van der Waals surface area contributed by atoms with Gasteiger partial charge in [0.2, 0.25) is 0 Å². The van der Waals surface area contributed by atoms with Gasteiger partial charge >= 0.3 is 0 Å². The van der Waals surface area contributed by atoms with Crippen molar-refractivity contribution in [2.45, 2.75) is 38.0 Å². The molecule has 0 N–H and O–H groups in total. The maximum Gasteiger partial charge on any atom is 0.145 e. The number of hydrogen-bond acceptors (Lipinski definition) is 4. The third-order valence-corrected chi connectivity index (χ3v) is 12.4. The normalized spacial score (nSPS) is 14.0. The number of nitrogens with zero attached hydrogens (tertiary/aromatic N) is 4. The molecule has 0 atom stereocenters. The van der Waals surface area contributed by atoms with E-state index in [1.807, 2.05) is 42.5 Å². The van der Waals surface area contributed by atoms with Crippen LogP contribution in [0.2, 0.25) is 0 Å². The molecule has 6 nitrogen and oxygen atoms in total. The third kappa shape index (κ3) is 4.08. The van der Waals surface area contributed by atoms with Crippen LogP contribution in [-0.2, 0) is 0 Å². The van der Waals surface area contributed by atoms with E-state index in [2.05, 4.69) is 106 Å². The molecule has 0 unspecified atom stereocenters. The number of aromatic nitrogens is 2. The lowest BCUT2D eigenvalue weighted by molar-refractivity contribution is 0.442. The average Bonchev–Trinajstić information content (AvgIpc) is 4.00. The topological polar surface area (TPSA) is 83.7 Å². The summed E-state index contributed by atoms with van der Waals surface area (Å²) in [5.41, 5.74) is 11.0. The van der Waals surface area contributed by atoms with Gasteiger partial charge in [0.05, 0.1) is 55.3 Å². The van der Waals surface area contributed by atoms with Gasteiger partial charge in [-0.3, -0.25) is 0 Å². The zero-order chi connectivity index (χ0) is 37.1. The smallest absolute Gasteiger partial charge is 0.145 e. The highest BCUT2D eigenvalue weighted by Crippen LogP contribution is 2.49. The standard InChI is InChI=1S/C50H32N4O2/c51-27-30-26-31(28-52)48(54-39-19-9-5-17-37(39)46-41(54)25-23-35-33-15-7-11-21-43(33)56-50(35)46)44(29-12-2-1-3-13-29)47(30)53-38-18-8-4-16-36(38)45-40(53)24-22-34-32-14-6-10-20-42(32)55-49(34)45/h4-11,14-26,29H,1-3,12-13H2. The molecule has 4 heterocycles. The Morgan fingerprint density at radius 3 is 1.39 bits per heavy atom. The van der Waals surface area contributed by atoms with Crippen LogP contribution in [0.25, 0.3) is 98.9 Å². The van der Waals surface area contributed by atoms with E-state index in [0.717, 1.165) is 130 Å². The summed E-state index contributed by atoms with van der Waals surface area (Å²) in [7, 11) is 0. The largest absolute Gasteiger partial charge is 0.455 e. The first kappa shape index (κ1) is 31.1. The predicted molar refractivity (Wildman–Crippen MR) is 225 cm³/mol. The highest BCUT2D eigenvalue weighted by Gasteiger charge is 2.32. The molecule has 0 bridgehead atoms. The molecule has 7 aromatic carbocycles. The van der Waals surface area contributed by atoms with Gasteiger partial charge in [-0.25, -0.2) is 0 Å². The van der Waals surface area contributed by atoms with Gasteiger partial charge < -0.3 is 18.0 Å². The molecular formula is C50H32N4O2. The van der Waals surface area contributed by atoms with Gasteiger partial charge in [0, 0.05) is 37.9 Å². The van der Waals surface area contributed by atoms with Crippen molar-refractivity contribution in [2.75, 3.05) is 0 Å². The summed E-state index contributed by atoms with van der Waals surface area (Å²) in [5.74, 6) is 0.117. The molecular weight excluding hydrogens is 689 g/mol.